The van der Waals surface area contributed by atoms with Gasteiger partial charge in [-0.1, -0.05) is 43.5 Å². The Balaban J connectivity index is 1.53. The van der Waals surface area contributed by atoms with Crippen LogP contribution in [0.2, 0.25) is 0 Å². The van der Waals surface area contributed by atoms with Gasteiger partial charge >= 0.3 is 0 Å². The number of nitrogens with zero attached hydrogens (tertiary/aromatic N) is 1. The van der Waals surface area contributed by atoms with E-state index in [-0.39, 0.29) is 0 Å². The minimum Gasteiger partial charge on any atom is -0.310 e. The molecule has 0 spiro atoms. The van der Waals surface area contributed by atoms with Gasteiger partial charge in [0.15, 0.2) is 0 Å². The average molecular weight is 272 g/mol. The molecule has 0 amide bonds. The van der Waals surface area contributed by atoms with Gasteiger partial charge < -0.3 is 5.32 Å². The molecular formula is C18H28N2. The van der Waals surface area contributed by atoms with E-state index in [4.69, 9.17) is 0 Å². The standard InChI is InChI=1S/C18H28N2/c1-2-4-11-20(12-5-3-1)15-17-8-6-7-16(13-17)14-19-18-9-10-18/h6-8,13,18-19H,1-5,9-12,14-15H2. The molecule has 1 heterocycles. The maximum atomic E-state index is 3.61. The number of nitrogens with one attached hydrogen (secondary N) is 1. The van der Waals surface area contributed by atoms with Crippen molar-refractivity contribution in [3.8, 4) is 0 Å². The SMILES string of the molecule is c1cc(CNC2CC2)cc(CN2CCCCCCC2)c1. The summed E-state index contributed by atoms with van der Waals surface area (Å²) in [5.41, 5.74) is 2.93. The monoisotopic (exact) mass is 272 g/mol. The Labute approximate surface area is 123 Å². The van der Waals surface area contributed by atoms with Crippen LogP contribution < -0.4 is 5.32 Å². The van der Waals surface area contributed by atoms with E-state index >= 15 is 0 Å². The summed E-state index contributed by atoms with van der Waals surface area (Å²) in [7, 11) is 0. The van der Waals surface area contributed by atoms with Crippen molar-refractivity contribution < 1.29 is 0 Å². The van der Waals surface area contributed by atoms with Crippen molar-refractivity contribution in [1.29, 1.82) is 0 Å². The molecule has 1 saturated heterocycles. The molecule has 1 aromatic rings. The largest absolute Gasteiger partial charge is 0.310 e. The highest BCUT2D eigenvalue weighted by molar-refractivity contribution is 5.23. The van der Waals surface area contributed by atoms with E-state index in [1.165, 1.54) is 69.2 Å². The molecule has 20 heavy (non-hydrogen) atoms. The molecule has 1 aliphatic carbocycles. The van der Waals surface area contributed by atoms with Crippen LogP contribution >= 0.6 is 0 Å². The van der Waals surface area contributed by atoms with Gasteiger partial charge in [0, 0.05) is 19.1 Å². The zero-order valence-electron chi connectivity index (χ0n) is 12.6. The van der Waals surface area contributed by atoms with Crippen molar-refractivity contribution in [1.82, 2.24) is 10.2 Å². The molecule has 0 unspecified atom stereocenters. The van der Waals surface area contributed by atoms with Crippen molar-refractivity contribution in [3.05, 3.63) is 35.4 Å². The summed E-state index contributed by atoms with van der Waals surface area (Å²) >= 11 is 0. The summed E-state index contributed by atoms with van der Waals surface area (Å²) < 4.78 is 0. The molecule has 1 aromatic carbocycles. The zero-order chi connectivity index (χ0) is 13.6. The van der Waals surface area contributed by atoms with Gasteiger partial charge in [0.05, 0.1) is 0 Å². The van der Waals surface area contributed by atoms with Crippen LogP contribution in [0.4, 0.5) is 0 Å². The van der Waals surface area contributed by atoms with Gasteiger partial charge in [-0.05, 0) is 49.9 Å². The topological polar surface area (TPSA) is 15.3 Å². The minimum absolute atomic E-state index is 0.799. The Morgan fingerprint density at radius 2 is 1.65 bits per heavy atom. The first-order valence-electron chi connectivity index (χ1n) is 8.44. The molecule has 0 aromatic heterocycles. The molecule has 0 bridgehead atoms. The lowest BCUT2D eigenvalue weighted by Gasteiger charge is -2.24. The molecule has 2 nitrogen and oxygen atoms in total. The first kappa shape index (κ1) is 14.1. The molecule has 2 fully saturated rings. The fraction of sp³-hybridized carbons (Fsp3) is 0.667. The lowest BCUT2D eigenvalue weighted by Crippen LogP contribution is -2.27. The minimum atomic E-state index is 0.799. The maximum absolute atomic E-state index is 3.61. The van der Waals surface area contributed by atoms with Crippen molar-refractivity contribution in [2.24, 2.45) is 0 Å². The van der Waals surface area contributed by atoms with Gasteiger partial charge in [-0.3, -0.25) is 4.90 Å². The molecule has 1 aliphatic heterocycles. The summed E-state index contributed by atoms with van der Waals surface area (Å²) in [5.74, 6) is 0. The maximum Gasteiger partial charge on any atom is 0.0233 e. The van der Waals surface area contributed by atoms with Crippen LogP contribution in [0.5, 0.6) is 0 Å². The van der Waals surface area contributed by atoms with Gasteiger partial charge in [-0.25, -0.2) is 0 Å². The first-order valence-corrected chi connectivity index (χ1v) is 8.44. The highest BCUT2D eigenvalue weighted by Crippen LogP contribution is 2.20. The van der Waals surface area contributed by atoms with E-state index in [1.807, 2.05) is 0 Å². The smallest absolute Gasteiger partial charge is 0.0233 e. The molecular weight excluding hydrogens is 244 g/mol. The second kappa shape index (κ2) is 7.24. The van der Waals surface area contributed by atoms with Crippen molar-refractivity contribution in [2.45, 2.75) is 64.1 Å². The Bertz CT molecular complexity index is 404. The number of hydrogen-bond donors (Lipinski definition) is 1. The fourth-order valence-corrected chi connectivity index (χ4v) is 3.12. The van der Waals surface area contributed by atoms with Crippen molar-refractivity contribution in [2.75, 3.05) is 13.1 Å². The van der Waals surface area contributed by atoms with Crippen LogP contribution in [0, 0.1) is 0 Å². The van der Waals surface area contributed by atoms with Crippen molar-refractivity contribution in [3.63, 3.8) is 0 Å². The van der Waals surface area contributed by atoms with E-state index in [9.17, 15) is 0 Å². The van der Waals surface area contributed by atoms with Crippen LogP contribution in [0.25, 0.3) is 0 Å². The Kier molecular flexibility index (Phi) is 5.10. The third kappa shape index (κ3) is 4.60. The van der Waals surface area contributed by atoms with E-state index in [0.717, 1.165) is 19.1 Å². The predicted molar refractivity (Wildman–Crippen MR) is 84.7 cm³/mol. The van der Waals surface area contributed by atoms with Gasteiger partial charge in [0.2, 0.25) is 0 Å². The summed E-state index contributed by atoms with van der Waals surface area (Å²) in [4.78, 5) is 2.65. The summed E-state index contributed by atoms with van der Waals surface area (Å²) in [6, 6.07) is 9.97. The Morgan fingerprint density at radius 1 is 0.950 bits per heavy atom. The highest BCUT2D eigenvalue weighted by atomic mass is 15.1. The lowest BCUT2D eigenvalue weighted by molar-refractivity contribution is 0.240. The van der Waals surface area contributed by atoms with E-state index in [1.54, 1.807) is 0 Å². The van der Waals surface area contributed by atoms with E-state index in [2.05, 4.69) is 34.5 Å². The van der Waals surface area contributed by atoms with Crippen LogP contribution in [0.15, 0.2) is 24.3 Å². The normalized spacial score (nSPS) is 21.4. The quantitative estimate of drug-likeness (QED) is 0.879. The number of benzene rings is 1. The van der Waals surface area contributed by atoms with Crippen LogP contribution in [0.1, 0.15) is 56.1 Å². The summed E-state index contributed by atoms with van der Waals surface area (Å²) in [6.07, 6.45) is 9.77. The number of rotatable bonds is 5. The molecule has 2 heteroatoms. The van der Waals surface area contributed by atoms with Gasteiger partial charge in [-0.15, -0.1) is 0 Å². The number of likely N-dealkylation sites (tertiary alicyclic amines) is 1. The molecule has 2 aliphatic rings. The van der Waals surface area contributed by atoms with Gasteiger partial charge in [0.25, 0.3) is 0 Å². The van der Waals surface area contributed by atoms with Crippen molar-refractivity contribution >= 4 is 0 Å². The van der Waals surface area contributed by atoms with E-state index in [0.29, 0.717) is 0 Å². The third-order valence-electron chi connectivity index (χ3n) is 4.52. The van der Waals surface area contributed by atoms with Gasteiger partial charge in [-0.2, -0.15) is 0 Å². The van der Waals surface area contributed by atoms with E-state index < -0.39 is 0 Å². The third-order valence-corrected chi connectivity index (χ3v) is 4.52. The molecule has 1 saturated carbocycles. The molecule has 3 rings (SSSR count). The average Bonchev–Trinajstić information content (AvgIpc) is 3.24. The second-order valence-corrected chi connectivity index (χ2v) is 6.52. The van der Waals surface area contributed by atoms with Crippen LogP contribution in [0.3, 0.4) is 0 Å². The lowest BCUT2D eigenvalue weighted by atomic mass is 10.1. The van der Waals surface area contributed by atoms with Crippen LogP contribution in [-0.4, -0.2) is 24.0 Å². The highest BCUT2D eigenvalue weighted by Gasteiger charge is 2.19. The van der Waals surface area contributed by atoms with Crippen LogP contribution in [-0.2, 0) is 13.1 Å². The molecule has 0 radical (unpaired) electrons. The molecule has 110 valence electrons. The first-order chi connectivity index (χ1) is 9.90. The fourth-order valence-electron chi connectivity index (χ4n) is 3.12. The Hall–Kier alpha value is -0.860. The zero-order valence-corrected chi connectivity index (χ0v) is 12.6. The second-order valence-electron chi connectivity index (χ2n) is 6.52. The Morgan fingerprint density at radius 3 is 2.40 bits per heavy atom. The summed E-state index contributed by atoms with van der Waals surface area (Å²) in [6.45, 7) is 4.74. The molecule has 0 atom stereocenters. The summed E-state index contributed by atoms with van der Waals surface area (Å²) in [5, 5.41) is 3.61. The molecule has 1 N–H and O–H groups in total. The number of hydrogen-bond acceptors (Lipinski definition) is 2. The van der Waals surface area contributed by atoms with Gasteiger partial charge in [0.1, 0.15) is 0 Å². The predicted octanol–water partition coefficient (Wildman–Crippen LogP) is 3.70.